The van der Waals surface area contributed by atoms with E-state index in [1.165, 1.54) is 4.90 Å². The van der Waals surface area contributed by atoms with Crippen molar-refractivity contribution in [3.05, 3.63) is 0 Å². The summed E-state index contributed by atoms with van der Waals surface area (Å²) in [6.07, 6.45) is -0.310. The van der Waals surface area contributed by atoms with E-state index in [2.05, 4.69) is 0 Å². The van der Waals surface area contributed by atoms with Crippen molar-refractivity contribution in [2.24, 2.45) is 5.73 Å². The molecule has 0 bridgehead atoms. The van der Waals surface area contributed by atoms with Crippen LogP contribution in [0.5, 0.6) is 0 Å². The summed E-state index contributed by atoms with van der Waals surface area (Å²) < 4.78 is 0. The SMILES string of the molecule is N=C(CCl)N1C[C@H](O)C[C@H]1C(N)=O. The van der Waals surface area contributed by atoms with Gasteiger partial charge in [-0.25, -0.2) is 0 Å². The maximum Gasteiger partial charge on any atom is 0.240 e. The number of hydrogen-bond donors (Lipinski definition) is 3. The van der Waals surface area contributed by atoms with Crippen molar-refractivity contribution in [3.63, 3.8) is 0 Å². The van der Waals surface area contributed by atoms with Crippen molar-refractivity contribution in [3.8, 4) is 0 Å². The van der Waals surface area contributed by atoms with E-state index in [0.29, 0.717) is 0 Å². The molecule has 0 unspecified atom stereocenters. The molecule has 1 saturated heterocycles. The molecule has 1 amide bonds. The lowest BCUT2D eigenvalue weighted by Gasteiger charge is -2.22. The van der Waals surface area contributed by atoms with Crippen LogP contribution in [-0.4, -0.2) is 46.3 Å². The number of aliphatic hydroxyl groups excluding tert-OH is 1. The largest absolute Gasteiger partial charge is 0.391 e. The van der Waals surface area contributed by atoms with Crippen LogP contribution in [0.4, 0.5) is 0 Å². The molecule has 0 saturated carbocycles. The summed E-state index contributed by atoms with van der Waals surface area (Å²) in [4.78, 5) is 12.4. The van der Waals surface area contributed by atoms with Crippen LogP contribution in [0.15, 0.2) is 0 Å². The highest BCUT2D eigenvalue weighted by atomic mass is 35.5. The van der Waals surface area contributed by atoms with Crippen molar-refractivity contribution in [2.45, 2.75) is 18.6 Å². The second-order valence-corrected chi connectivity index (χ2v) is 3.31. The van der Waals surface area contributed by atoms with Gasteiger partial charge in [0.2, 0.25) is 5.91 Å². The highest BCUT2D eigenvalue weighted by molar-refractivity contribution is 6.27. The summed E-state index contributed by atoms with van der Waals surface area (Å²) in [6, 6.07) is -0.582. The molecule has 13 heavy (non-hydrogen) atoms. The molecule has 1 heterocycles. The fraction of sp³-hybridized carbons (Fsp3) is 0.714. The van der Waals surface area contributed by atoms with Crippen molar-refractivity contribution >= 4 is 23.3 Å². The summed E-state index contributed by atoms with van der Waals surface area (Å²) in [7, 11) is 0. The van der Waals surface area contributed by atoms with E-state index in [4.69, 9.17) is 22.7 Å². The average Bonchev–Trinajstić information content (AvgIpc) is 2.46. The van der Waals surface area contributed by atoms with Crippen molar-refractivity contribution in [1.29, 1.82) is 5.41 Å². The first-order chi connectivity index (χ1) is 6.06. The van der Waals surface area contributed by atoms with Crippen molar-refractivity contribution in [2.75, 3.05) is 12.4 Å². The molecule has 0 aromatic carbocycles. The number of β-amino-alcohol motifs (C(OH)–C–C–N with tert-alkyl or cyclic N) is 1. The van der Waals surface area contributed by atoms with Gasteiger partial charge in [0.15, 0.2) is 0 Å². The summed E-state index contributed by atoms with van der Waals surface area (Å²) in [5.41, 5.74) is 5.11. The quantitative estimate of drug-likeness (QED) is 0.311. The highest BCUT2D eigenvalue weighted by Gasteiger charge is 2.35. The van der Waals surface area contributed by atoms with Crippen LogP contribution >= 0.6 is 11.6 Å². The predicted octanol–water partition coefficient (Wildman–Crippen LogP) is -0.877. The van der Waals surface area contributed by atoms with E-state index >= 15 is 0 Å². The molecule has 1 fully saturated rings. The molecule has 1 aliphatic rings. The summed E-state index contributed by atoms with van der Waals surface area (Å²) in [5, 5.41) is 16.7. The number of hydrogen-bond acceptors (Lipinski definition) is 3. The Morgan fingerprint density at radius 3 is 2.85 bits per heavy atom. The third-order valence-corrected chi connectivity index (χ3v) is 2.33. The number of rotatable bonds is 2. The van der Waals surface area contributed by atoms with Gasteiger partial charge in [0.05, 0.1) is 12.0 Å². The molecular weight excluding hydrogens is 194 g/mol. The Kier molecular flexibility index (Phi) is 3.11. The zero-order chi connectivity index (χ0) is 10.0. The number of nitrogens with zero attached hydrogens (tertiary/aromatic N) is 1. The minimum absolute atomic E-state index is 0.0243. The molecule has 0 aromatic rings. The fourth-order valence-corrected chi connectivity index (χ4v) is 1.61. The second kappa shape index (κ2) is 3.93. The number of alkyl halides is 1. The number of nitrogens with two attached hydrogens (primary N) is 1. The number of primary amides is 1. The van der Waals surface area contributed by atoms with Crippen molar-refractivity contribution in [1.82, 2.24) is 4.90 Å². The Morgan fingerprint density at radius 2 is 2.38 bits per heavy atom. The Morgan fingerprint density at radius 1 is 1.77 bits per heavy atom. The van der Waals surface area contributed by atoms with Crippen LogP contribution in [0.25, 0.3) is 0 Å². The Bertz CT molecular complexity index is 234. The molecule has 2 atom stereocenters. The van der Waals surface area contributed by atoms with Gasteiger partial charge < -0.3 is 15.7 Å². The normalized spacial score (nSPS) is 27.7. The molecule has 6 heteroatoms. The summed E-state index contributed by atoms with van der Waals surface area (Å²) in [6.45, 7) is 0.263. The first-order valence-corrected chi connectivity index (χ1v) is 4.47. The van der Waals surface area contributed by atoms with Crippen LogP contribution in [0.3, 0.4) is 0 Å². The van der Waals surface area contributed by atoms with Gasteiger partial charge >= 0.3 is 0 Å². The van der Waals surface area contributed by atoms with Gasteiger partial charge in [0.1, 0.15) is 11.9 Å². The maximum absolute atomic E-state index is 10.9. The van der Waals surface area contributed by atoms with E-state index in [9.17, 15) is 9.90 Å². The van der Waals surface area contributed by atoms with Crippen LogP contribution in [-0.2, 0) is 4.79 Å². The third-order valence-electron chi connectivity index (χ3n) is 2.08. The molecule has 0 aromatic heterocycles. The molecule has 74 valence electrons. The maximum atomic E-state index is 10.9. The highest BCUT2D eigenvalue weighted by Crippen LogP contribution is 2.17. The fourth-order valence-electron chi connectivity index (χ4n) is 1.46. The van der Waals surface area contributed by atoms with E-state index in [0.717, 1.165) is 0 Å². The number of likely N-dealkylation sites (tertiary alicyclic amines) is 1. The molecule has 1 aliphatic heterocycles. The lowest BCUT2D eigenvalue weighted by atomic mass is 10.2. The lowest BCUT2D eigenvalue weighted by Crippen LogP contribution is -2.44. The Labute approximate surface area is 81.0 Å². The Hall–Kier alpha value is -0.810. The van der Waals surface area contributed by atoms with Gasteiger partial charge in [-0.05, 0) is 0 Å². The smallest absolute Gasteiger partial charge is 0.240 e. The van der Waals surface area contributed by atoms with Crippen LogP contribution in [0.1, 0.15) is 6.42 Å². The second-order valence-electron chi connectivity index (χ2n) is 3.04. The number of carbonyl (C=O) groups excluding carboxylic acids is 1. The number of nitrogens with one attached hydrogen (secondary N) is 1. The zero-order valence-corrected chi connectivity index (χ0v) is 7.79. The van der Waals surface area contributed by atoms with Crippen LogP contribution in [0, 0.1) is 5.41 Å². The molecule has 1 rings (SSSR count). The monoisotopic (exact) mass is 205 g/mol. The average molecular weight is 206 g/mol. The van der Waals surface area contributed by atoms with Gasteiger partial charge in [-0.15, -0.1) is 11.6 Å². The number of amides is 1. The number of aliphatic hydroxyl groups is 1. The van der Waals surface area contributed by atoms with Gasteiger partial charge in [0.25, 0.3) is 0 Å². The first kappa shape index (κ1) is 10.3. The van der Waals surface area contributed by atoms with Crippen LogP contribution in [0.2, 0.25) is 0 Å². The lowest BCUT2D eigenvalue weighted by molar-refractivity contribution is -0.121. The summed E-state index contributed by atoms with van der Waals surface area (Å²) >= 11 is 5.45. The number of carbonyl (C=O) groups is 1. The van der Waals surface area contributed by atoms with E-state index in [1.54, 1.807) is 0 Å². The predicted molar refractivity (Wildman–Crippen MR) is 48.8 cm³/mol. The van der Waals surface area contributed by atoms with E-state index < -0.39 is 18.1 Å². The van der Waals surface area contributed by atoms with Gasteiger partial charge in [-0.2, -0.15) is 0 Å². The van der Waals surface area contributed by atoms with Gasteiger partial charge in [-0.1, -0.05) is 0 Å². The van der Waals surface area contributed by atoms with Gasteiger partial charge in [0, 0.05) is 13.0 Å². The molecule has 4 N–H and O–H groups in total. The third kappa shape index (κ3) is 2.10. The minimum Gasteiger partial charge on any atom is -0.391 e. The van der Waals surface area contributed by atoms with E-state index in [-0.39, 0.29) is 24.7 Å². The number of amidine groups is 1. The molecule has 5 nitrogen and oxygen atoms in total. The van der Waals surface area contributed by atoms with Crippen LogP contribution < -0.4 is 5.73 Å². The molecular formula is C7H12ClN3O2. The van der Waals surface area contributed by atoms with Crippen molar-refractivity contribution < 1.29 is 9.90 Å². The van der Waals surface area contributed by atoms with E-state index in [1.807, 2.05) is 0 Å². The summed E-state index contributed by atoms with van der Waals surface area (Å²) in [5.74, 6) is -0.371. The number of halogens is 1. The molecule has 0 radical (unpaired) electrons. The zero-order valence-electron chi connectivity index (χ0n) is 7.03. The first-order valence-electron chi connectivity index (χ1n) is 3.93. The standard InChI is InChI=1S/C7H12ClN3O2/c8-2-6(9)11-3-4(12)1-5(11)7(10)13/h4-5,9,12H,1-3H2,(H2,10,13)/t4-,5+/m1/s1. The topological polar surface area (TPSA) is 90.4 Å². The minimum atomic E-state index is -0.596. The Balaban J connectivity index is 2.71. The molecule has 0 spiro atoms. The van der Waals surface area contributed by atoms with Gasteiger partial charge in [-0.3, -0.25) is 10.2 Å². The molecule has 0 aliphatic carbocycles.